The topological polar surface area (TPSA) is 56.3 Å². The van der Waals surface area contributed by atoms with E-state index in [0.29, 0.717) is 22.5 Å². The predicted octanol–water partition coefficient (Wildman–Crippen LogP) is 19.0. The molecule has 4 aliphatic carbocycles. The number of nitrogens with zero attached hydrogens (tertiary/aromatic N) is 4. The summed E-state index contributed by atoms with van der Waals surface area (Å²) in [5, 5.41) is 33.2. The predicted molar refractivity (Wildman–Crippen MR) is 287 cm³/mol. The fourth-order valence-electron chi connectivity index (χ4n) is 13.6. The molecule has 4 nitrogen and oxygen atoms in total. The van der Waals surface area contributed by atoms with Gasteiger partial charge in [-0.3, -0.25) is 0 Å². The van der Waals surface area contributed by atoms with E-state index in [1.807, 2.05) is 24.3 Å². The summed E-state index contributed by atoms with van der Waals surface area (Å²) in [4.78, 5) is 8.47. The molecular weight excluding hydrogens is 849 g/mol. The molecule has 0 unspecified atom stereocenters. The maximum atomic E-state index is 11.3. The van der Waals surface area contributed by atoms with Crippen LogP contribution >= 0.6 is 0 Å². The Bertz CT molecular complexity index is 3910. The molecule has 0 aliphatic heterocycles. The molecule has 0 N–H and O–H groups in total. The van der Waals surface area contributed by atoms with E-state index in [4.69, 9.17) is 13.1 Å². The normalized spacial score (nSPS) is 15.0. The lowest BCUT2D eigenvalue weighted by atomic mass is 9.78. The van der Waals surface area contributed by atoms with Crippen LogP contribution in [0.25, 0.3) is 130 Å². The smallest absolute Gasteiger partial charge is 0.198 e. The summed E-state index contributed by atoms with van der Waals surface area (Å²) >= 11 is 0. The first-order chi connectivity index (χ1) is 34.5. The lowest BCUT2D eigenvalue weighted by molar-refractivity contribution is 0.443. The average Bonchev–Trinajstić information content (AvgIpc) is 3.91. The minimum atomic E-state index is 0.224. The van der Waals surface area contributed by atoms with Crippen molar-refractivity contribution in [3.63, 3.8) is 0 Å². The van der Waals surface area contributed by atoms with Crippen molar-refractivity contribution < 1.29 is 0 Å². The van der Waals surface area contributed by atoms with Gasteiger partial charge >= 0.3 is 0 Å². The van der Waals surface area contributed by atoms with E-state index < -0.39 is 0 Å². The molecule has 10 aromatic carbocycles. The average molecular weight is 893 g/mol. The van der Waals surface area contributed by atoms with Crippen molar-refractivity contribution in [3.8, 4) is 78.9 Å². The van der Waals surface area contributed by atoms with Gasteiger partial charge in [-0.2, -0.15) is 10.5 Å². The van der Waals surface area contributed by atoms with Crippen molar-refractivity contribution in [2.24, 2.45) is 0 Å². The van der Waals surface area contributed by atoms with Gasteiger partial charge in [-0.1, -0.05) is 123 Å². The summed E-state index contributed by atoms with van der Waals surface area (Å²) in [6.07, 6.45) is 10.9. The Hall–Kier alpha value is -8.54. The van der Waals surface area contributed by atoms with Gasteiger partial charge in [0.1, 0.15) is 0 Å². The number of benzene rings is 10. The van der Waals surface area contributed by atoms with Gasteiger partial charge in [0.25, 0.3) is 0 Å². The molecule has 0 bridgehead atoms. The fraction of sp³-hybridized carbons (Fsp3) is 0.182. The van der Waals surface area contributed by atoms with Crippen LogP contribution in [0.3, 0.4) is 0 Å². The van der Waals surface area contributed by atoms with Gasteiger partial charge in [-0.25, -0.2) is 9.69 Å². The monoisotopic (exact) mass is 892 g/mol. The van der Waals surface area contributed by atoms with Crippen LogP contribution in [0.15, 0.2) is 133 Å². The van der Waals surface area contributed by atoms with E-state index in [9.17, 15) is 10.5 Å². The largest absolute Gasteiger partial charge is 0.238 e. The maximum absolute atomic E-state index is 11.3. The van der Waals surface area contributed by atoms with Gasteiger partial charge in [0.05, 0.1) is 36.4 Å². The summed E-state index contributed by atoms with van der Waals surface area (Å²) in [6.45, 7) is 17.3. The van der Waals surface area contributed by atoms with E-state index in [-0.39, 0.29) is 11.8 Å². The van der Waals surface area contributed by atoms with Crippen molar-refractivity contribution in [1.29, 1.82) is 10.5 Å². The van der Waals surface area contributed by atoms with E-state index in [1.165, 1.54) is 67.8 Å². The molecular formula is C66H44N4. The third-order valence-electron chi connectivity index (χ3n) is 16.8. The molecule has 0 atom stereocenters. The van der Waals surface area contributed by atoms with E-state index in [0.717, 1.165) is 128 Å². The maximum Gasteiger partial charge on any atom is 0.198 e. The van der Waals surface area contributed by atoms with Crippen LogP contribution in [0.1, 0.15) is 98.3 Å². The zero-order valence-corrected chi connectivity index (χ0v) is 38.7. The second-order valence-corrected chi connectivity index (χ2v) is 20.3. The Morgan fingerprint density at radius 2 is 0.829 bits per heavy atom. The van der Waals surface area contributed by atoms with Crippen LogP contribution in [0.2, 0.25) is 0 Å². The molecule has 14 rings (SSSR count). The highest BCUT2D eigenvalue weighted by Crippen LogP contribution is 2.56. The molecule has 2 fully saturated rings. The van der Waals surface area contributed by atoms with Gasteiger partial charge in [0, 0.05) is 0 Å². The van der Waals surface area contributed by atoms with Gasteiger partial charge in [0.2, 0.25) is 0 Å². The lowest BCUT2D eigenvalue weighted by Crippen LogP contribution is -2.07. The van der Waals surface area contributed by atoms with E-state index in [2.05, 4.69) is 131 Å². The Kier molecular flexibility index (Phi) is 8.97. The zero-order chi connectivity index (χ0) is 46.8. The molecule has 0 spiro atoms. The molecule has 0 heterocycles. The van der Waals surface area contributed by atoms with Gasteiger partial charge < -0.3 is 0 Å². The Balaban J connectivity index is 1.17. The van der Waals surface area contributed by atoms with Crippen LogP contribution in [0.4, 0.5) is 11.4 Å². The molecule has 4 heteroatoms. The van der Waals surface area contributed by atoms with Crippen molar-refractivity contribution in [2.45, 2.75) is 76.0 Å². The Morgan fingerprint density at radius 3 is 1.29 bits per heavy atom. The molecule has 0 saturated heterocycles. The van der Waals surface area contributed by atoms with Crippen molar-refractivity contribution in [1.82, 2.24) is 0 Å². The van der Waals surface area contributed by atoms with E-state index >= 15 is 0 Å². The SMILES string of the molecule is [C-]#[N+]c1cc(-c2cc3c4cc5c(cc4c(-c4cc(C#N)cc(C6CCCCC6)c4[N+]#[C-])cc3c3cc4c(cc23)-c2cccc3cccc-4c23)-c2cccc3cccc-5c23)c(C#N)c(C2CCCCC2)c1. The summed E-state index contributed by atoms with van der Waals surface area (Å²) in [5.74, 6) is 0.448. The standard InChI is InChI=1S/C66H44N4/c1-69-42-27-47(38-13-5-3-6-14-38)63(36-68)49(28-42)54-33-58-57-31-52-45-23-11-19-41-20-12-24-46(65(41)45)53(52)32-60(57)61(62-26-37(35-67)25-48(66(62)70-2)39-15-7-4-8-16-39)34-59(58)56-30-51-44-22-10-18-40-17-9-21-43(64(40)44)50(51)29-55(54)56/h9-12,17-34,38-39H,3-8,13-16H2. The minimum Gasteiger partial charge on any atom is -0.238 e. The van der Waals surface area contributed by atoms with Gasteiger partial charge in [-0.15, -0.1) is 0 Å². The third-order valence-corrected chi connectivity index (χ3v) is 16.8. The summed E-state index contributed by atoms with van der Waals surface area (Å²) < 4.78 is 0. The molecule has 0 aromatic heterocycles. The van der Waals surface area contributed by atoms with Gasteiger partial charge in [0.15, 0.2) is 11.4 Å². The van der Waals surface area contributed by atoms with Crippen LogP contribution in [-0.4, -0.2) is 0 Å². The quantitative estimate of drug-likeness (QED) is 0.131. The number of nitriles is 2. The lowest BCUT2D eigenvalue weighted by Gasteiger charge is -2.25. The summed E-state index contributed by atoms with van der Waals surface area (Å²) in [7, 11) is 0. The number of hydrogen-bond acceptors (Lipinski definition) is 2. The Labute approximate surface area is 407 Å². The Morgan fingerprint density at radius 1 is 0.386 bits per heavy atom. The number of rotatable bonds is 4. The number of fused-ring (bicyclic) bond motifs is 11. The first-order valence-corrected chi connectivity index (χ1v) is 25.1. The molecule has 4 aliphatic rings. The molecule has 328 valence electrons. The minimum absolute atomic E-state index is 0.224. The first-order valence-electron chi connectivity index (χ1n) is 25.1. The highest BCUT2D eigenvalue weighted by molar-refractivity contribution is 6.29. The van der Waals surface area contributed by atoms with E-state index in [1.54, 1.807) is 0 Å². The van der Waals surface area contributed by atoms with Crippen molar-refractivity contribution in [2.75, 3.05) is 0 Å². The molecule has 10 aromatic rings. The van der Waals surface area contributed by atoms with Crippen LogP contribution < -0.4 is 0 Å². The van der Waals surface area contributed by atoms with Crippen LogP contribution in [0.5, 0.6) is 0 Å². The second kappa shape index (κ2) is 15.5. The van der Waals surface area contributed by atoms with Crippen molar-refractivity contribution >= 4 is 65.2 Å². The van der Waals surface area contributed by atoms with Crippen molar-refractivity contribution in [3.05, 3.63) is 179 Å². The fourth-order valence-corrected chi connectivity index (χ4v) is 13.6. The second-order valence-electron chi connectivity index (χ2n) is 20.3. The van der Waals surface area contributed by atoms with Gasteiger partial charge in [-0.05, 0) is 218 Å². The molecule has 70 heavy (non-hydrogen) atoms. The third kappa shape index (κ3) is 5.78. The molecule has 2 saturated carbocycles. The van der Waals surface area contributed by atoms with Crippen LogP contribution in [0, 0.1) is 35.8 Å². The molecule has 0 radical (unpaired) electrons. The zero-order valence-electron chi connectivity index (χ0n) is 38.7. The first kappa shape index (κ1) is 40.5. The molecule has 0 amide bonds. The summed E-state index contributed by atoms with van der Waals surface area (Å²) in [5.41, 5.74) is 17.4. The number of hydrogen-bond donors (Lipinski definition) is 0. The highest BCUT2D eigenvalue weighted by Gasteiger charge is 2.30. The summed E-state index contributed by atoms with van der Waals surface area (Å²) in [6, 6.07) is 53.6. The highest BCUT2D eigenvalue weighted by atomic mass is 14.7. The van der Waals surface area contributed by atoms with Crippen LogP contribution in [-0.2, 0) is 0 Å².